The van der Waals surface area contributed by atoms with Crippen LogP contribution in [0.5, 0.6) is 0 Å². The minimum atomic E-state index is 0.773. The summed E-state index contributed by atoms with van der Waals surface area (Å²) in [5.74, 6) is 1.70. The maximum atomic E-state index is 4.78. The fourth-order valence-corrected chi connectivity index (χ4v) is 4.25. The molecule has 23 heavy (non-hydrogen) atoms. The van der Waals surface area contributed by atoms with E-state index in [0.29, 0.717) is 0 Å². The second-order valence-electron chi connectivity index (χ2n) is 6.84. The number of hydrogen-bond acceptors (Lipinski definition) is 4. The summed E-state index contributed by atoms with van der Waals surface area (Å²) in [6.07, 6.45) is 13.9. The molecule has 0 amide bonds. The van der Waals surface area contributed by atoms with Gasteiger partial charge in [-0.25, -0.2) is 9.97 Å². The van der Waals surface area contributed by atoms with Gasteiger partial charge in [-0.2, -0.15) is 0 Å². The lowest BCUT2D eigenvalue weighted by molar-refractivity contribution is 0.0537. The molecular weight excluding hydrogens is 284 g/mol. The third-order valence-corrected chi connectivity index (χ3v) is 5.36. The number of nitrogens with zero attached hydrogens (tertiary/aromatic N) is 4. The fraction of sp³-hybridized carbons (Fsp3) is 0.526. The van der Waals surface area contributed by atoms with Crippen molar-refractivity contribution in [1.82, 2.24) is 19.9 Å². The molecule has 3 heterocycles. The molecule has 0 radical (unpaired) electrons. The number of pyridine rings is 1. The Morgan fingerprint density at radius 1 is 1.04 bits per heavy atom. The van der Waals surface area contributed by atoms with Gasteiger partial charge in [-0.05, 0) is 56.3 Å². The Labute approximate surface area is 138 Å². The predicted octanol–water partition coefficient (Wildman–Crippen LogP) is 3.69. The molecule has 2 atom stereocenters. The predicted molar refractivity (Wildman–Crippen MR) is 90.7 cm³/mol. The maximum absolute atomic E-state index is 4.78. The van der Waals surface area contributed by atoms with Gasteiger partial charge in [0.05, 0.1) is 5.69 Å². The standard InChI is InChI=1S/C19H24N4/c1-2-8-18-15(5-1)7-4-12-23(18)14-17-9-11-21-19(22-17)16-6-3-10-20-13-16/h3,6,9-11,13,15,18H,1-2,4-5,7-8,12,14H2/t15-,18-/m0/s1. The van der Waals surface area contributed by atoms with Gasteiger partial charge in [-0.3, -0.25) is 9.88 Å². The van der Waals surface area contributed by atoms with E-state index >= 15 is 0 Å². The lowest BCUT2D eigenvalue weighted by Crippen LogP contribution is -2.46. The van der Waals surface area contributed by atoms with Gasteiger partial charge in [-0.15, -0.1) is 0 Å². The topological polar surface area (TPSA) is 41.9 Å². The van der Waals surface area contributed by atoms with Crippen molar-refractivity contribution in [3.05, 3.63) is 42.5 Å². The summed E-state index contributed by atoms with van der Waals surface area (Å²) in [6.45, 7) is 2.17. The molecule has 4 nitrogen and oxygen atoms in total. The van der Waals surface area contributed by atoms with E-state index in [1.807, 2.05) is 24.5 Å². The molecule has 0 bridgehead atoms. The van der Waals surface area contributed by atoms with E-state index in [9.17, 15) is 0 Å². The third-order valence-electron chi connectivity index (χ3n) is 5.36. The van der Waals surface area contributed by atoms with Crippen LogP contribution in [0.2, 0.25) is 0 Å². The molecule has 0 spiro atoms. The SMILES string of the molecule is c1cncc(-c2nccc(CN3CCC[C@@H]4CCCC[C@@H]43)n2)c1. The minimum absolute atomic E-state index is 0.773. The van der Waals surface area contributed by atoms with Crippen LogP contribution in [0.25, 0.3) is 11.4 Å². The molecule has 1 aliphatic carbocycles. The highest BCUT2D eigenvalue weighted by molar-refractivity contribution is 5.52. The Hall–Kier alpha value is -1.81. The summed E-state index contributed by atoms with van der Waals surface area (Å²) in [7, 11) is 0. The van der Waals surface area contributed by atoms with E-state index in [1.165, 1.54) is 45.1 Å². The number of hydrogen-bond donors (Lipinski definition) is 0. The van der Waals surface area contributed by atoms with Crippen LogP contribution in [0.15, 0.2) is 36.8 Å². The van der Waals surface area contributed by atoms with Crippen LogP contribution in [0.1, 0.15) is 44.2 Å². The number of likely N-dealkylation sites (tertiary alicyclic amines) is 1. The largest absolute Gasteiger partial charge is 0.294 e. The van der Waals surface area contributed by atoms with E-state index in [2.05, 4.69) is 20.9 Å². The quantitative estimate of drug-likeness (QED) is 0.867. The Kier molecular flexibility index (Phi) is 4.33. The van der Waals surface area contributed by atoms with Crippen molar-refractivity contribution in [3.63, 3.8) is 0 Å². The first-order valence-electron chi connectivity index (χ1n) is 8.86. The molecule has 2 fully saturated rings. The molecule has 0 N–H and O–H groups in total. The van der Waals surface area contributed by atoms with Crippen molar-refractivity contribution >= 4 is 0 Å². The maximum Gasteiger partial charge on any atom is 0.160 e. The Balaban J connectivity index is 1.52. The first-order chi connectivity index (χ1) is 11.4. The monoisotopic (exact) mass is 308 g/mol. The Morgan fingerprint density at radius 3 is 2.87 bits per heavy atom. The van der Waals surface area contributed by atoms with Gasteiger partial charge in [-0.1, -0.05) is 12.8 Å². The molecule has 120 valence electrons. The molecule has 4 heteroatoms. The van der Waals surface area contributed by atoms with E-state index in [-0.39, 0.29) is 0 Å². The minimum Gasteiger partial charge on any atom is -0.294 e. The van der Waals surface area contributed by atoms with E-state index in [1.54, 1.807) is 6.20 Å². The van der Waals surface area contributed by atoms with Gasteiger partial charge >= 0.3 is 0 Å². The zero-order valence-corrected chi connectivity index (χ0v) is 13.6. The summed E-state index contributed by atoms with van der Waals surface area (Å²) in [5, 5.41) is 0. The van der Waals surface area contributed by atoms with Crippen LogP contribution in [0, 0.1) is 5.92 Å². The van der Waals surface area contributed by atoms with Crippen LogP contribution >= 0.6 is 0 Å². The average molecular weight is 308 g/mol. The van der Waals surface area contributed by atoms with E-state index in [4.69, 9.17) is 4.98 Å². The van der Waals surface area contributed by atoms with Crippen LogP contribution in [-0.4, -0.2) is 32.4 Å². The van der Waals surface area contributed by atoms with Crippen molar-refractivity contribution < 1.29 is 0 Å². The lowest BCUT2D eigenvalue weighted by atomic mass is 9.78. The molecule has 2 aromatic rings. The van der Waals surface area contributed by atoms with Crippen LogP contribution in [0.3, 0.4) is 0 Å². The second kappa shape index (κ2) is 6.75. The van der Waals surface area contributed by atoms with Gasteiger partial charge in [0.2, 0.25) is 0 Å². The van der Waals surface area contributed by atoms with Crippen molar-refractivity contribution in [2.75, 3.05) is 6.54 Å². The second-order valence-corrected chi connectivity index (χ2v) is 6.84. The zero-order valence-electron chi connectivity index (χ0n) is 13.6. The van der Waals surface area contributed by atoms with Crippen LogP contribution in [0.4, 0.5) is 0 Å². The van der Waals surface area contributed by atoms with Gasteiger partial charge in [0.15, 0.2) is 5.82 Å². The number of fused-ring (bicyclic) bond motifs is 1. The first-order valence-corrected chi connectivity index (χ1v) is 8.86. The Bertz CT molecular complexity index is 641. The molecule has 2 aliphatic rings. The van der Waals surface area contributed by atoms with Gasteiger partial charge < -0.3 is 0 Å². The number of rotatable bonds is 3. The smallest absolute Gasteiger partial charge is 0.160 e. The number of aromatic nitrogens is 3. The molecule has 1 aliphatic heterocycles. The molecule has 4 rings (SSSR count). The number of piperidine rings is 1. The van der Waals surface area contributed by atoms with E-state index < -0.39 is 0 Å². The summed E-state index contributed by atoms with van der Waals surface area (Å²) in [4.78, 5) is 16.0. The van der Waals surface area contributed by atoms with Crippen molar-refractivity contribution in [1.29, 1.82) is 0 Å². The molecule has 2 aromatic heterocycles. The van der Waals surface area contributed by atoms with Crippen molar-refractivity contribution in [2.45, 2.75) is 51.1 Å². The highest BCUT2D eigenvalue weighted by atomic mass is 15.2. The van der Waals surface area contributed by atoms with Crippen LogP contribution < -0.4 is 0 Å². The van der Waals surface area contributed by atoms with Crippen molar-refractivity contribution in [2.24, 2.45) is 5.92 Å². The normalized spacial score (nSPS) is 25.0. The summed E-state index contributed by atoms with van der Waals surface area (Å²) >= 11 is 0. The summed E-state index contributed by atoms with van der Waals surface area (Å²) in [6, 6.07) is 6.79. The summed E-state index contributed by atoms with van der Waals surface area (Å²) in [5.41, 5.74) is 2.12. The molecule has 1 saturated carbocycles. The van der Waals surface area contributed by atoms with Crippen molar-refractivity contribution in [3.8, 4) is 11.4 Å². The van der Waals surface area contributed by atoms with E-state index in [0.717, 1.165) is 35.6 Å². The van der Waals surface area contributed by atoms with Crippen LogP contribution in [-0.2, 0) is 6.54 Å². The van der Waals surface area contributed by atoms with Gasteiger partial charge in [0.25, 0.3) is 0 Å². The fourth-order valence-electron chi connectivity index (χ4n) is 4.25. The first kappa shape index (κ1) is 14.8. The zero-order chi connectivity index (χ0) is 15.5. The molecule has 1 saturated heterocycles. The van der Waals surface area contributed by atoms with Gasteiger partial charge in [0, 0.05) is 36.7 Å². The average Bonchev–Trinajstić information content (AvgIpc) is 2.63. The molecule has 0 aromatic carbocycles. The molecule has 0 unspecified atom stereocenters. The summed E-state index contributed by atoms with van der Waals surface area (Å²) < 4.78 is 0. The van der Waals surface area contributed by atoms with Gasteiger partial charge in [0.1, 0.15) is 0 Å². The highest BCUT2D eigenvalue weighted by Crippen LogP contribution is 2.35. The third kappa shape index (κ3) is 3.27. The lowest BCUT2D eigenvalue weighted by Gasteiger charge is -2.44. The Morgan fingerprint density at radius 2 is 1.96 bits per heavy atom. The molecular formula is C19H24N4. The highest BCUT2D eigenvalue weighted by Gasteiger charge is 2.33.